The Morgan fingerprint density at radius 3 is 2.62 bits per heavy atom. The van der Waals surface area contributed by atoms with E-state index in [4.69, 9.17) is 11.6 Å². The van der Waals surface area contributed by atoms with Crippen molar-refractivity contribution in [1.82, 2.24) is 9.97 Å². The Morgan fingerprint density at radius 1 is 1.50 bits per heavy atom. The largest absolute Gasteiger partial charge is 0.366 e. The molecular formula is C11H14ClN3O. The topological polar surface area (TPSA) is 54.9 Å². The summed E-state index contributed by atoms with van der Waals surface area (Å²) in [5.74, 6) is 1.11. The minimum Gasteiger partial charge on any atom is -0.366 e. The van der Waals surface area contributed by atoms with Crippen LogP contribution in [0.2, 0.25) is 5.15 Å². The summed E-state index contributed by atoms with van der Waals surface area (Å²) in [7, 11) is 0. The van der Waals surface area contributed by atoms with Gasteiger partial charge in [-0.25, -0.2) is 9.97 Å². The average molecular weight is 240 g/mol. The van der Waals surface area contributed by atoms with E-state index in [1.165, 1.54) is 0 Å². The van der Waals surface area contributed by atoms with Crippen LogP contribution in [0.3, 0.4) is 0 Å². The van der Waals surface area contributed by atoms with Crippen LogP contribution in [0.5, 0.6) is 0 Å². The van der Waals surface area contributed by atoms with E-state index < -0.39 is 0 Å². The lowest BCUT2D eigenvalue weighted by atomic mass is 10.2. The lowest BCUT2D eigenvalue weighted by molar-refractivity contribution is 0.112. The van der Waals surface area contributed by atoms with Crippen molar-refractivity contribution in [1.29, 1.82) is 0 Å². The normalized spacial score (nSPS) is 21.6. The van der Waals surface area contributed by atoms with Crippen LogP contribution in [-0.2, 0) is 0 Å². The molecule has 1 aliphatic rings. The quantitative estimate of drug-likeness (QED) is 0.650. The third-order valence-corrected chi connectivity index (χ3v) is 3.24. The molecule has 1 N–H and O–H groups in total. The van der Waals surface area contributed by atoms with Crippen LogP contribution in [0.4, 0.5) is 5.82 Å². The first-order valence-corrected chi connectivity index (χ1v) is 5.57. The van der Waals surface area contributed by atoms with Crippen LogP contribution in [0.25, 0.3) is 0 Å². The molecule has 86 valence electrons. The summed E-state index contributed by atoms with van der Waals surface area (Å²) in [6.45, 7) is 6.09. The molecule has 1 aromatic rings. The molecule has 1 heterocycles. The number of aromatic nitrogens is 2. The van der Waals surface area contributed by atoms with Crippen LogP contribution < -0.4 is 5.32 Å². The van der Waals surface area contributed by atoms with E-state index in [0.29, 0.717) is 29.5 Å². The van der Waals surface area contributed by atoms with E-state index in [0.717, 1.165) is 6.42 Å². The van der Waals surface area contributed by atoms with Crippen molar-refractivity contribution in [2.24, 2.45) is 5.41 Å². The van der Waals surface area contributed by atoms with Crippen LogP contribution in [0.1, 0.15) is 36.5 Å². The highest BCUT2D eigenvalue weighted by Crippen LogP contribution is 2.46. The van der Waals surface area contributed by atoms with Gasteiger partial charge in [-0.2, -0.15) is 0 Å². The third-order valence-electron chi connectivity index (χ3n) is 2.95. The van der Waals surface area contributed by atoms with Gasteiger partial charge in [-0.05, 0) is 18.8 Å². The first-order chi connectivity index (χ1) is 7.44. The van der Waals surface area contributed by atoms with Crippen molar-refractivity contribution in [3.05, 3.63) is 16.5 Å². The minimum absolute atomic E-state index is 0.212. The smallest absolute Gasteiger partial charge is 0.156 e. The Hall–Kier alpha value is -1.16. The van der Waals surface area contributed by atoms with Crippen molar-refractivity contribution in [2.75, 3.05) is 5.32 Å². The fourth-order valence-electron chi connectivity index (χ4n) is 1.64. The fourth-order valence-corrected chi connectivity index (χ4v) is 1.90. The second-order valence-electron chi connectivity index (χ2n) is 4.83. The molecular weight excluding hydrogens is 226 g/mol. The molecule has 5 heteroatoms. The SMILES string of the molecule is Cc1nc(Cl)c(C=O)c(NC2CC2(C)C)n1. The molecule has 1 atom stereocenters. The maximum absolute atomic E-state index is 10.9. The van der Waals surface area contributed by atoms with Gasteiger partial charge in [0.1, 0.15) is 16.8 Å². The van der Waals surface area contributed by atoms with Gasteiger partial charge in [-0.15, -0.1) is 0 Å². The number of carbonyl (C=O) groups is 1. The first kappa shape index (κ1) is 11.3. The molecule has 1 aliphatic carbocycles. The lowest BCUT2D eigenvalue weighted by Gasteiger charge is -2.10. The number of aryl methyl sites for hydroxylation is 1. The maximum Gasteiger partial charge on any atom is 0.156 e. The van der Waals surface area contributed by atoms with E-state index >= 15 is 0 Å². The summed E-state index contributed by atoms with van der Waals surface area (Å²) in [6, 6.07) is 0.358. The van der Waals surface area contributed by atoms with Gasteiger partial charge in [0.15, 0.2) is 6.29 Å². The maximum atomic E-state index is 10.9. The molecule has 1 aromatic heterocycles. The van der Waals surface area contributed by atoms with Crippen molar-refractivity contribution >= 4 is 23.7 Å². The molecule has 0 radical (unpaired) electrons. The van der Waals surface area contributed by atoms with E-state index in [9.17, 15) is 4.79 Å². The summed E-state index contributed by atoms with van der Waals surface area (Å²) in [5, 5.41) is 3.45. The molecule has 1 saturated carbocycles. The summed E-state index contributed by atoms with van der Waals surface area (Å²) in [5.41, 5.74) is 0.612. The minimum atomic E-state index is 0.212. The summed E-state index contributed by atoms with van der Waals surface area (Å²) < 4.78 is 0. The number of halogens is 1. The van der Waals surface area contributed by atoms with Gasteiger partial charge in [-0.1, -0.05) is 25.4 Å². The van der Waals surface area contributed by atoms with E-state index in [1.807, 2.05) is 0 Å². The van der Waals surface area contributed by atoms with Gasteiger partial charge in [0.25, 0.3) is 0 Å². The lowest BCUT2D eigenvalue weighted by Crippen LogP contribution is -2.13. The highest BCUT2D eigenvalue weighted by atomic mass is 35.5. The van der Waals surface area contributed by atoms with Gasteiger partial charge in [0, 0.05) is 6.04 Å². The molecule has 0 bridgehead atoms. The summed E-state index contributed by atoms with van der Waals surface area (Å²) in [6.07, 6.45) is 1.77. The van der Waals surface area contributed by atoms with Crippen LogP contribution in [0, 0.1) is 12.3 Å². The van der Waals surface area contributed by atoms with Crippen molar-refractivity contribution in [3.63, 3.8) is 0 Å². The molecule has 0 saturated heterocycles. The van der Waals surface area contributed by atoms with E-state index in [1.54, 1.807) is 6.92 Å². The zero-order valence-corrected chi connectivity index (χ0v) is 10.3. The van der Waals surface area contributed by atoms with E-state index in [2.05, 4.69) is 29.1 Å². The second-order valence-corrected chi connectivity index (χ2v) is 5.19. The van der Waals surface area contributed by atoms with Gasteiger partial charge >= 0.3 is 0 Å². The first-order valence-electron chi connectivity index (χ1n) is 5.20. The Kier molecular flexibility index (Phi) is 2.62. The Bertz CT molecular complexity index is 445. The average Bonchev–Trinajstić information content (AvgIpc) is 2.72. The number of nitrogens with one attached hydrogen (secondary N) is 1. The van der Waals surface area contributed by atoms with Crippen molar-refractivity contribution in [2.45, 2.75) is 33.2 Å². The van der Waals surface area contributed by atoms with Gasteiger partial charge < -0.3 is 5.32 Å². The molecule has 1 unspecified atom stereocenters. The van der Waals surface area contributed by atoms with Gasteiger partial charge in [-0.3, -0.25) is 4.79 Å². The van der Waals surface area contributed by atoms with Crippen molar-refractivity contribution in [3.8, 4) is 0 Å². The fraction of sp³-hybridized carbons (Fsp3) is 0.545. The van der Waals surface area contributed by atoms with Crippen LogP contribution >= 0.6 is 11.6 Å². The highest BCUT2D eigenvalue weighted by Gasteiger charge is 2.46. The zero-order valence-electron chi connectivity index (χ0n) is 9.54. The number of anilines is 1. The molecule has 4 nitrogen and oxygen atoms in total. The Labute approximate surface area is 99.4 Å². The molecule has 16 heavy (non-hydrogen) atoms. The van der Waals surface area contributed by atoms with Crippen molar-refractivity contribution < 1.29 is 4.79 Å². The molecule has 0 spiro atoms. The second kappa shape index (κ2) is 3.70. The number of aldehydes is 1. The standard InChI is InChI=1S/C11H14ClN3O/c1-6-13-9(12)7(5-16)10(14-6)15-8-4-11(8,2)3/h5,8H,4H2,1-3H3,(H,13,14,15). The molecule has 1 fully saturated rings. The highest BCUT2D eigenvalue weighted by molar-refractivity contribution is 6.32. The van der Waals surface area contributed by atoms with Crippen LogP contribution in [0.15, 0.2) is 0 Å². The molecule has 2 rings (SSSR count). The Balaban J connectivity index is 2.29. The third kappa shape index (κ3) is 2.02. The number of nitrogens with zero attached hydrogens (tertiary/aromatic N) is 2. The number of hydrogen-bond donors (Lipinski definition) is 1. The number of rotatable bonds is 3. The summed E-state index contributed by atoms with van der Waals surface area (Å²) >= 11 is 5.89. The Morgan fingerprint density at radius 2 is 2.12 bits per heavy atom. The van der Waals surface area contributed by atoms with Gasteiger partial charge in [0.2, 0.25) is 0 Å². The summed E-state index contributed by atoms with van der Waals surface area (Å²) in [4.78, 5) is 19.1. The predicted octanol–water partition coefficient (Wildman–Crippen LogP) is 2.46. The van der Waals surface area contributed by atoms with Gasteiger partial charge in [0.05, 0.1) is 5.56 Å². The monoisotopic (exact) mass is 239 g/mol. The molecule has 0 amide bonds. The predicted molar refractivity (Wildman–Crippen MR) is 63.0 cm³/mol. The van der Waals surface area contributed by atoms with Crippen LogP contribution in [-0.4, -0.2) is 22.3 Å². The molecule has 0 aromatic carbocycles. The number of hydrogen-bond acceptors (Lipinski definition) is 4. The molecule has 0 aliphatic heterocycles. The number of carbonyl (C=O) groups excluding carboxylic acids is 1. The van der Waals surface area contributed by atoms with E-state index in [-0.39, 0.29) is 10.6 Å². The zero-order chi connectivity index (χ0) is 11.9.